The molecule has 0 radical (unpaired) electrons. The normalized spacial score (nSPS) is 19.9. The maximum Gasteiger partial charge on any atom is 0.229 e. The van der Waals surface area contributed by atoms with Crippen molar-refractivity contribution in [2.45, 2.75) is 146 Å². The zero-order chi connectivity index (χ0) is 90.2. The fraction of sp³-hybridized carbons (Fsp3) is 0.394. The van der Waals surface area contributed by atoms with Crippen molar-refractivity contribution < 1.29 is 38.1 Å². The summed E-state index contributed by atoms with van der Waals surface area (Å²) >= 11 is 0. The SMILES string of the molecule is CC(=O)c1cnc(Nc2ccc3c(c2)OCC2CN(C4CC4)CCN32)nc1NC1CC1.CC(=O)c1cnc(Nc2ccc3c(c2)OCC2CN(c4ccccc4)CCN32)nc1NC1CC1.CC(=O)c1cnc(Nc2ccc3c(c2)OCC2CN(c4cccnc4)CCN32)nc1NC1CC1.CC(=O)c1cnc(Nc2ccc3c(c2)OCC2CN(c4ccncc4)CCN32)nc1NC1CC1. The Morgan fingerprint density at radius 2 is 0.624 bits per heavy atom. The topological polar surface area (TPSA) is 356 Å². The van der Waals surface area contributed by atoms with Gasteiger partial charge in [-0.25, -0.2) is 19.9 Å². The van der Waals surface area contributed by atoms with E-state index in [4.69, 9.17) is 18.9 Å². The number of rotatable bonds is 24. The minimum Gasteiger partial charge on any atom is -0.489 e. The van der Waals surface area contributed by atoms with E-state index in [1.165, 1.54) is 50.7 Å². The van der Waals surface area contributed by atoms with Crippen LogP contribution in [0.15, 0.2) is 177 Å². The third kappa shape index (κ3) is 19.9. The van der Waals surface area contributed by atoms with E-state index < -0.39 is 0 Å². The highest BCUT2D eigenvalue weighted by molar-refractivity contribution is 6.01. The molecule has 8 N–H and O–H groups in total. The predicted octanol–water partition coefficient (Wildman–Crippen LogP) is 14.1. The Morgan fingerprint density at radius 3 is 0.940 bits per heavy atom. The van der Waals surface area contributed by atoms with Gasteiger partial charge in [0.1, 0.15) is 72.7 Å². The van der Waals surface area contributed by atoms with Gasteiger partial charge in [-0.15, -0.1) is 0 Å². The Kier molecular flexibility index (Phi) is 24.0. The van der Waals surface area contributed by atoms with Crippen molar-refractivity contribution in [1.29, 1.82) is 0 Å². The fourth-order valence-corrected chi connectivity index (χ4v) is 18.5. The Morgan fingerprint density at radius 1 is 0.308 bits per heavy atom. The summed E-state index contributed by atoms with van der Waals surface area (Å²) in [4.78, 5) is 111. The summed E-state index contributed by atoms with van der Waals surface area (Å²) in [5.41, 5.74) is 13.6. The molecule has 0 spiro atoms. The van der Waals surface area contributed by atoms with E-state index in [2.05, 4.69) is 204 Å². The average Bonchev–Trinajstić information content (AvgIpc) is 1.74. The molecular weight excluding hydrogens is 1680 g/mol. The second-order valence-electron chi connectivity index (χ2n) is 36.4. The molecule has 11 aromatic rings. The number of aromatic nitrogens is 10. The van der Waals surface area contributed by atoms with Crippen LogP contribution in [0.2, 0.25) is 0 Å². The van der Waals surface area contributed by atoms with Gasteiger partial charge in [0.15, 0.2) is 23.1 Å². The summed E-state index contributed by atoms with van der Waals surface area (Å²) < 4.78 is 24.7. The zero-order valence-electron chi connectivity index (χ0n) is 75.1. The van der Waals surface area contributed by atoms with Crippen LogP contribution < -0.4 is 95.8 Å². The summed E-state index contributed by atoms with van der Waals surface area (Å²) in [5.74, 6) is 7.54. The molecule has 8 aliphatic heterocycles. The summed E-state index contributed by atoms with van der Waals surface area (Å²) in [7, 11) is 0. The quantitative estimate of drug-likeness (QED) is 0.0260. The van der Waals surface area contributed by atoms with Crippen LogP contribution in [0.25, 0.3) is 0 Å². The molecule has 0 bridgehead atoms. The van der Waals surface area contributed by atoms with E-state index in [1.54, 1.807) is 37.9 Å². The van der Waals surface area contributed by atoms with Crippen molar-refractivity contribution in [3.8, 4) is 23.0 Å². The van der Waals surface area contributed by atoms with Crippen LogP contribution in [0.1, 0.15) is 133 Å². The third-order valence-electron chi connectivity index (χ3n) is 26.4. The number of para-hydroxylation sites is 1. The number of Topliss-reactive ketones (excluding diaryl/α,β-unsaturated/α-hetero) is 4. The summed E-state index contributed by atoms with van der Waals surface area (Å²) in [6.45, 7) is 20.5. The molecule has 5 aromatic carbocycles. The first kappa shape index (κ1) is 85.3. The lowest BCUT2D eigenvalue weighted by molar-refractivity contribution is 0.100. The second kappa shape index (κ2) is 37.4. The number of carbonyl (C=O) groups excluding carboxylic acids is 4. The van der Waals surface area contributed by atoms with Gasteiger partial charge in [-0.1, -0.05) is 18.2 Å². The molecule has 9 fully saturated rings. The number of fused-ring (bicyclic) bond motifs is 12. The van der Waals surface area contributed by atoms with Crippen molar-refractivity contribution in [3.63, 3.8) is 0 Å². The molecule has 14 heterocycles. The number of anilines is 19. The molecule has 4 atom stereocenters. The molecule has 13 aliphatic rings. The largest absolute Gasteiger partial charge is 0.489 e. The predicted molar refractivity (Wildman–Crippen MR) is 516 cm³/mol. The van der Waals surface area contributed by atoms with E-state index in [9.17, 15) is 19.2 Å². The molecule has 5 saturated carbocycles. The number of hydrogen-bond donors (Lipinski definition) is 8. The molecule has 133 heavy (non-hydrogen) atoms. The van der Waals surface area contributed by atoms with Crippen LogP contribution in [0.4, 0.5) is 110 Å². The van der Waals surface area contributed by atoms with Crippen LogP contribution in [0.5, 0.6) is 23.0 Å². The Hall–Kier alpha value is -14.4. The van der Waals surface area contributed by atoms with Crippen LogP contribution >= 0.6 is 0 Å². The van der Waals surface area contributed by atoms with Crippen LogP contribution in [0, 0.1) is 0 Å². The smallest absolute Gasteiger partial charge is 0.229 e. The van der Waals surface area contributed by atoms with Gasteiger partial charge in [0, 0.05) is 211 Å². The molecular formula is C99H110N26O8. The number of nitrogens with zero attached hydrogens (tertiary/aromatic N) is 18. The van der Waals surface area contributed by atoms with Gasteiger partial charge < -0.3 is 95.8 Å². The number of carbonyl (C=O) groups is 4. The van der Waals surface area contributed by atoms with Gasteiger partial charge in [0.25, 0.3) is 0 Å². The van der Waals surface area contributed by atoms with Crippen LogP contribution in [0.3, 0.4) is 0 Å². The van der Waals surface area contributed by atoms with Crippen molar-refractivity contribution in [3.05, 3.63) is 199 Å². The first-order valence-corrected chi connectivity index (χ1v) is 46.7. The highest BCUT2D eigenvalue weighted by Gasteiger charge is 2.41. The lowest BCUT2D eigenvalue weighted by Gasteiger charge is -2.46. The standard InChI is InChI=1S/C26H28N6O2.2C25H27N7O2.C23H28N6O2/c1-17(33)22-14-27-26(30-25(22)28-18-7-8-18)29-19-9-10-23-24(13-19)34-16-21-15-31(11-12-32(21)23)20-5-3-2-4-6-20;1-16(33)21-13-27-25(30-24(21)28-17-2-3-17)29-18-4-5-22-23(12-18)34-15-20-14-31(10-11-32(20)22)19-6-8-26-9-7-19;1-16(33)21-13-27-25(30-24(21)28-17-4-5-17)29-18-6-7-22-23(11-18)34-15-20-14-31(9-10-32(20)22)19-3-2-8-26-12-19;1-14(30)19-11-24-23(27-22(19)25-15-2-3-15)26-16-4-7-20-21(10-16)31-13-18-12-28(17-5-6-17)8-9-29(18)20/h2-6,9-10,13-14,18,21H,7-8,11-12,15-16H2,1H3,(H2,27,28,29,30);4-9,12-13,17,20H,2-3,10-11,14-15H2,1H3,(H2,27,28,29,30);2-3,6-8,11-13,17,20H,4-5,9-10,14-15H2,1H3,(H2,27,28,29,30);4,7,10-11,15,17-18H,2-3,5-6,8-9,12-13H2,1H3,(H2,24,25,26,27). The van der Waals surface area contributed by atoms with Gasteiger partial charge in [-0.2, -0.15) is 19.9 Å². The molecule has 4 saturated heterocycles. The number of nitrogens with one attached hydrogen (secondary N) is 8. The molecule has 24 rings (SSSR count). The first-order chi connectivity index (χ1) is 65.0. The Labute approximate surface area is 771 Å². The number of benzene rings is 5. The molecule has 0 amide bonds. The van der Waals surface area contributed by atoms with Gasteiger partial charge in [0.2, 0.25) is 23.8 Å². The lowest BCUT2D eigenvalue weighted by Crippen LogP contribution is -2.57. The number of pyridine rings is 2. The van der Waals surface area contributed by atoms with E-state index in [0.717, 1.165) is 211 Å². The molecule has 684 valence electrons. The van der Waals surface area contributed by atoms with Crippen LogP contribution in [-0.4, -0.2) is 237 Å². The van der Waals surface area contributed by atoms with Crippen LogP contribution in [-0.2, 0) is 0 Å². The highest BCUT2D eigenvalue weighted by Crippen LogP contribution is 2.45. The minimum absolute atomic E-state index is 0.0341. The average molecular weight is 1790 g/mol. The second-order valence-corrected chi connectivity index (χ2v) is 36.4. The van der Waals surface area contributed by atoms with Gasteiger partial charge in [-0.3, -0.25) is 34.0 Å². The molecule has 4 unspecified atom stereocenters. The molecule has 34 heteroatoms. The maximum atomic E-state index is 11.9. The number of piperazine rings is 4. The summed E-state index contributed by atoms with van der Waals surface area (Å²) in [6.07, 6.45) is 25.3. The highest BCUT2D eigenvalue weighted by atomic mass is 16.5. The molecule has 34 nitrogen and oxygen atoms in total. The third-order valence-corrected chi connectivity index (χ3v) is 26.4. The fourth-order valence-electron chi connectivity index (χ4n) is 18.5. The number of hydrogen-bond acceptors (Lipinski definition) is 34. The van der Waals surface area contributed by atoms with E-state index >= 15 is 0 Å². The number of ether oxygens (including phenoxy) is 4. The van der Waals surface area contributed by atoms with Crippen molar-refractivity contribution in [2.75, 3.05) is 182 Å². The van der Waals surface area contributed by atoms with Crippen molar-refractivity contribution in [1.82, 2.24) is 54.7 Å². The zero-order valence-corrected chi connectivity index (χ0v) is 75.1. The molecule has 6 aromatic heterocycles. The minimum atomic E-state index is -0.0462. The summed E-state index contributed by atoms with van der Waals surface area (Å²) in [6, 6.07) is 47.1. The Bertz CT molecular complexity index is 5680. The monoisotopic (exact) mass is 1790 g/mol. The van der Waals surface area contributed by atoms with Crippen molar-refractivity contribution >= 4 is 133 Å². The maximum absolute atomic E-state index is 11.9. The lowest BCUT2D eigenvalue weighted by atomic mass is 10.1. The van der Waals surface area contributed by atoms with E-state index in [1.807, 2.05) is 73.2 Å². The molecule has 5 aliphatic carbocycles. The first-order valence-electron chi connectivity index (χ1n) is 46.7. The van der Waals surface area contributed by atoms with Crippen molar-refractivity contribution in [2.24, 2.45) is 0 Å². The van der Waals surface area contributed by atoms with E-state index in [0.29, 0.717) is 137 Å². The number of ketones is 4. The van der Waals surface area contributed by atoms with E-state index in [-0.39, 0.29) is 23.1 Å². The Balaban J connectivity index is 0.000000107. The van der Waals surface area contributed by atoms with Gasteiger partial charge >= 0.3 is 0 Å². The summed E-state index contributed by atoms with van der Waals surface area (Å²) in [5, 5.41) is 26.4. The van der Waals surface area contributed by atoms with Gasteiger partial charge in [0.05, 0.1) is 81.1 Å². The van der Waals surface area contributed by atoms with Gasteiger partial charge in [-0.05, 0) is 177 Å².